The Kier molecular flexibility index (Phi) is 5.53. The van der Waals surface area contributed by atoms with Gasteiger partial charge in [-0.3, -0.25) is 4.79 Å². The number of aromatic nitrogens is 5. The van der Waals surface area contributed by atoms with Crippen molar-refractivity contribution in [2.75, 3.05) is 13.1 Å². The van der Waals surface area contributed by atoms with Gasteiger partial charge >= 0.3 is 0 Å². The highest BCUT2D eigenvalue weighted by Crippen LogP contribution is 2.22. The van der Waals surface area contributed by atoms with E-state index in [4.69, 9.17) is 9.26 Å². The monoisotopic (exact) mass is 432 g/mol. The first-order valence-electron chi connectivity index (χ1n) is 10.8. The summed E-state index contributed by atoms with van der Waals surface area (Å²) in [4.78, 5) is 18.7. The molecule has 3 heterocycles. The number of hydrogen-bond donors (Lipinski definition) is 0. The lowest BCUT2D eigenvalue weighted by Gasteiger charge is -2.14. The van der Waals surface area contributed by atoms with Crippen LogP contribution in [-0.4, -0.2) is 49.0 Å². The van der Waals surface area contributed by atoms with Crippen LogP contribution in [0.25, 0.3) is 22.4 Å². The summed E-state index contributed by atoms with van der Waals surface area (Å²) >= 11 is 0. The van der Waals surface area contributed by atoms with Crippen LogP contribution in [0.1, 0.15) is 30.7 Å². The highest BCUT2D eigenvalue weighted by molar-refractivity contribution is 5.80. The van der Waals surface area contributed by atoms with Gasteiger partial charge in [-0.1, -0.05) is 22.5 Å². The van der Waals surface area contributed by atoms with E-state index in [1.807, 2.05) is 54.3 Å². The lowest BCUT2D eigenvalue weighted by Crippen LogP contribution is -2.28. The van der Waals surface area contributed by atoms with Crippen LogP contribution >= 0.6 is 0 Å². The zero-order chi connectivity index (χ0) is 21.9. The quantitative estimate of drug-likeness (QED) is 0.441. The van der Waals surface area contributed by atoms with Crippen LogP contribution in [0.5, 0.6) is 5.75 Å². The van der Waals surface area contributed by atoms with E-state index in [1.165, 1.54) is 0 Å². The molecule has 2 aromatic carbocycles. The average molecular weight is 432 g/mol. The van der Waals surface area contributed by atoms with E-state index in [9.17, 15) is 4.79 Å². The van der Waals surface area contributed by atoms with Crippen LogP contribution in [0.2, 0.25) is 0 Å². The van der Waals surface area contributed by atoms with Crippen molar-refractivity contribution >= 4 is 16.9 Å². The van der Waals surface area contributed by atoms with Gasteiger partial charge < -0.3 is 14.2 Å². The Bertz CT molecular complexity index is 1240. The first kappa shape index (κ1) is 20.2. The van der Waals surface area contributed by atoms with Gasteiger partial charge in [0.1, 0.15) is 11.3 Å². The summed E-state index contributed by atoms with van der Waals surface area (Å²) in [6.07, 6.45) is 2.61. The van der Waals surface area contributed by atoms with Gasteiger partial charge in [-0.15, -0.1) is 5.10 Å². The molecule has 1 aliphatic rings. The Morgan fingerprint density at radius 2 is 2.03 bits per heavy atom. The fourth-order valence-corrected chi connectivity index (χ4v) is 3.88. The van der Waals surface area contributed by atoms with Crippen molar-refractivity contribution in [2.24, 2.45) is 0 Å². The molecule has 1 fully saturated rings. The number of aryl methyl sites for hydroxylation is 2. The molecule has 0 unspecified atom stereocenters. The molecule has 164 valence electrons. The minimum Gasteiger partial charge on any atom is -0.484 e. The Balaban J connectivity index is 1.25. The van der Waals surface area contributed by atoms with Crippen molar-refractivity contribution in [3.63, 3.8) is 0 Å². The van der Waals surface area contributed by atoms with E-state index >= 15 is 0 Å². The molecule has 0 atom stereocenters. The number of benzene rings is 2. The fraction of sp³-hybridized carbons (Fsp3) is 0.348. The van der Waals surface area contributed by atoms with Crippen LogP contribution in [0.15, 0.2) is 47.0 Å². The van der Waals surface area contributed by atoms with E-state index in [0.29, 0.717) is 24.7 Å². The van der Waals surface area contributed by atoms with Crippen molar-refractivity contribution in [2.45, 2.75) is 39.3 Å². The first-order valence-corrected chi connectivity index (χ1v) is 10.8. The smallest absolute Gasteiger partial charge is 0.264 e. The molecule has 1 amide bonds. The zero-order valence-electron chi connectivity index (χ0n) is 17.9. The highest BCUT2D eigenvalue weighted by atomic mass is 16.5. The Labute approximate surface area is 185 Å². The number of fused-ring (bicyclic) bond motifs is 1. The third-order valence-electron chi connectivity index (χ3n) is 5.59. The standard InChI is InChI=1S/C23H24N6O3/c1-16-5-4-6-18(13-16)31-15-21-24-23(26-32-21)17-7-8-20-19(14-17)25-27-29(20)12-9-22(30)28-10-2-3-11-28/h4-8,13-14H,2-3,9-12,15H2,1H3. The molecule has 0 saturated carbocycles. The number of rotatable bonds is 7. The lowest BCUT2D eigenvalue weighted by atomic mass is 10.2. The molecular formula is C23H24N6O3. The van der Waals surface area contributed by atoms with Gasteiger partial charge in [0.2, 0.25) is 11.7 Å². The molecule has 1 saturated heterocycles. The molecular weight excluding hydrogens is 408 g/mol. The third kappa shape index (κ3) is 4.32. The van der Waals surface area contributed by atoms with Gasteiger partial charge in [-0.2, -0.15) is 4.98 Å². The van der Waals surface area contributed by atoms with Crippen LogP contribution in [0.3, 0.4) is 0 Å². The van der Waals surface area contributed by atoms with E-state index in [-0.39, 0.29) is 12.5 Å². The highest BCUT2D eigenvalue weighted by Gasteiger charge is 2.18. The zero-order valence-corrected chi connectivity index (χ0v) is 17.9. The van der Waals surface area contributed by atoms with Crippen LogP contribution in [0, 0.1) is 6.92 Å². The van der Waals surface area contributed by atoms with Gasteiger partial charge in [0.25, 0.3) is 5.89 Å². The topological polar surface area (TPSA) is 99.2 Å². The maximum Gasteiger partial charge on any atom is 0.264 e. The molecule has 0 spiro atoms. The van der Waals surface area contributed by atoms with Crippen molar-refractivity contribution in [3.8, 4) is 17.1 Å². The van der Waals surface area contributed by atoms with Crippen molar-refractivity contribution < 1.29 is 14.1 Å². The van der Waals surface area contributed by atoms with Gasteiger partial charge in [0.15, 0.2) is 6.61 Å². The van der Waals surface area contributed by atoms with Crippen LogP contribution in [-0.2, 0) is 17.9 Å². The number of nitrogens with zero attached hydrogens (tertiary/aromatic N) is 6. The number of likely N-dealkylation sites (tertiary alicyclic amines) is 1. The predicted molar refractivity (Wildman–Crippen MR) is 117 cm³/mol. The van der Waals surface area contributed by atoms with Gasteiger partial charge in [-0.05, 0) is 55.7 Å². The lowest BCUT2D eigenvalue weighted by molar-refractivity contribution is -0.130. The van der Waals surface area contributed by atoms with Crippen molar-refractivity contribution in [3.05, 3.63) is 53.9 Å². The molecule has 0 bridgehead atoms. The summed E-state index contributed by atoms with van der Waals surface area (Å²) in [5.74, 6) is 1.79. The van der Waals surface area contributed by atoms with Gasteiger partial charge in [-0.25, -0.2) is 4.68 Å². The molecule has 4 aromatic rings. The number of carbonyl (C=O) groups excluding carboxylic acids is 1. The fourth-order valence-electron chi connectivity index (χ4n) is 3.88. The predicted octanol–water partition coefficient (Wildman–Crippen LogP) is 3.38. The molecule has 9 nitrogen and oxygen atoms in total. The maximum absolute atomic E-state index is 12.3. The number of ether oxygens (including phenoxy) is 1. The Morgan fingerprint density at radius 3 is 2.88 bits per heavy atom. The SMILES string of the molecule is Cc1cccc(OCc2nc(-c3ccc4c(c3)nnn4CCC(=O)N3CCCC3)no2)c1. The summed E-state index contributed by atoms with van der Waals surface area (Å²) in [5, 5.41) is 12.5. The summed E-state index contributed by atoms with van der Waals surface area (Å²) < 4.78 is 12.8. The Hall–Kier alpha value is -3.75. The minimum absolute atomic E-state index is 0.176. The second-order valence-electron chi connectivity index (χ2n) is 7.97. The summed E-state index contributed by atoms with van der Waals surface area (Å²) in [6, 6.07) is 13.5. The molecule has 2 aromatic heterocycles. The molecule has 0 radical (unpaired) electrons. The molecule has 0 N–H and O–H groups in total. The van der Waals surface area contributed by atoms with E-state index < -0.39 is 0 Å². The molecule has 32 heavy (non-hydrogen) atoms. The van der Waals surface area contributed by atoms with Crippen molar-refractivity contribution in [1.82, 2.24) is 30.0 Å². The first-order chi connectivity index (χ1) is 15.7. The van der Waals surface area contributed by atoms with Gasteiger partial charge in [0.05, 0.1) is 12.1 Å². The molecule has 9 heteroatoms. The van der Waals surface area contributed by atoms with Crippen LogP contribution in [0.4, 0.5) is 0 Å². The second kappa shape index (κ2) is 8.78. The van der Waals surface area contributed by atoms with Crippen LogP contribution < -0.4 is 4.74 Å². The molecule has 1 aliphatic heterocycles. The maximum atomic E-state index is 12.3. The molecule has 0 aliphatic carbocycles. The summed E-state index contributed by atoms with van der Waals surface area (Å²) in [7, 11) is 0. The number of amides is 1. The number of carbonyl (C=O) groups is 1. The summed E-state index contributed by atoms with van der Waals surface area (Å²) in [6.45, 7) is 4.44. The van der Waals surface area contributed by atoms with E-state index in [2.05, 4.69) is 20.5 Å². The van der Waals surface area contributed by atoms with Crippen molar-refractivity contribution in [1.29, 1.82) is 0 Å². The summed E-state index contributed by atoms with van der Waals surface area (Å²) in [5.41, 5.74) is 3.49. The average Bonchev–Trinajstić information content (AvgIpc) is 3.57. The third-order valence-corrected chi connectivity index (χ3v) is 5.59. The molecule has 5 rings (SSSR count). The number of hydrogen-bond acceptors (Lipinski definition) is 7. The largest absolute Gasteiger partial charge is 0.484 e. The minimum atomic E-state index is 0.176. The Morgan fingerprint density at radius 1 is 1.16 bits per heavy atom. The van der Waals surface area contributed by atoms with Gasteiger partial charge in [0, 0.05) is 25.1 Å². The second-order valence-corrected chi connectivity index (χ2v) is 7.97. The van der Waals surface area contributed by atoms with E-state index in [0.717, 1.165) is 53.8 Å². The van der Waals surface area contributed by atoms with E-state index in [1.54, 1.807) is 4.68 Å². The normalized spacial score (nSPS) is 13.7.